The Labute approximate surface area is 136 Å². The zero-order valence-corrected chi connectivity index (χ0v) is 12.9. The van der Waals surface area contributed by atoms with Crippen LogP contribution in [0.25, 0.3) is 0 Å². The van der Waals surface area contributed by atoms with Crippen molar-refractivity contribution in [3.63, 3.8) is 0 Å². The molecule has 5 amide bonds. The molecule has 0 aromatic carbocycles. The van der Waals surface area contributed by atoms with Gasteiger partial charge in [-0.1, -0.05) is 0 Å². The van der Waals surface area contributed by atoms with Crippen LogP contribution in [0.4, 0.5) is 9.59 Å². The van der Waals surface area contributed by atoms with E-state index in [1.54, 1.807) is 0 Å². The summed E-state index contributed by atoms with van der Waals surface area (Å²) in [7, 11) is 0. The molecule has 0 aromatic rings. The van der Waals surface area contributed by atoms with Gasteiger partial charge >= 0.3 is 12.1 Å². The van der Waals surface area contributed by atoms with Crippen LogP contribution in [-0.2, 0) is 4.79 Å². The molecule has 1 rings (SSSR count). The number of aliphatic hydroxyl groups excluding tert-OH is 6. The summed E-state index contributed by atoms with van der Waals surface area (Å²) in [6.07, 6.45) is -2.16. The maximum Gasteiger partial charge on any atom is 0.332 e. The predicted octanol–water partition coefficient (Wildman–Crippen LogP) is -4.25. The highest BCUT2D eigenvalue weighted by molar-refractivity contribution is 6.05. The molecule has 1 fully saturated rings. The first kappa shape index (κ1) is 22.0. The summed E-state index contributed by atoms with van der Waals surface area (Å²) < 4.78 is 0. The van der Waals surface area contributed by atoms with E-state index in [4.69, 9.17) is 30.6 Å². The third kappa shape index (κ3) is 5.26. The first-order chi connectivity index (χ1) is 11.3. The number of amides is 5. The van der Waals surface area contributed by atoms with Crippen LogP contribution in [0.15, 0.2) is 0 Å². The molecule has 2 unspecified atom stereocenters. The van der Waals surface area contributed by atoms with Gasteiger partial charge in [-0.25, -0.2) is 14.5 Å². The standard InChI is InChI=1S/C8H14N4O7.C3H8O2/c13-1-9-7(18)10(2-14)5-6(17)12(4-16)8(19)11(5)3-15;1-3(5)2-4/h5,13-16H,1-4H2,(H,9,18);3-5H,2H2,1H3. The minimum absolute atomic E-state index is 0.139. The van der Waals surface area contributed by atoms with E-state index in [2.05, 4.69) is 0 Å². The van der Waals surface area contributed by atoms with Crippen molar-refractivity contribution >= 4 is 18.0 Å². The molecule has 0 saturated carbocycles. The molecule has 13 heteroatoms. The molecule has 0 aromatic heterocycles. The number of carbonyl (C=O) groups is 3. The van der Waals surface area contributed by atoms with Crippen LogP contribution >= 0.6 is 0 Å². The summed E-state index contributed by atoms with van der Waals surface area (Å²) in [5, 5.41) is 53.5. The zero-order valence-electron chi connectivity index (χ0n) is 12.9. The van der Waals surface area contributed by atoms with E-state index < -0.39 is 57.2 Å². The van der Waals surface area contributed by atoms with E-state index in [1.165, 1.54) is 6.92 Å². The van der Waals surface area contributed by atoms with E-state index in [1.807, 2.05) is 5.32 Å². The lowest BCUT2D eigenvalue weighted by Gasteiger charge is -2.29. The highest BCUT2D eigenvalue weighted by Gasteiger charge is 2.49. The Morgan fingerprint density at radius 1 is 1.21 bits per heavy atom. The Hall–Kier alpha value is -2.03. The molecule has 140 valence electrons. The number of aliphatic hydroxyl groups is 6. The average Bonchev–Trinajstić information content (AvgIpc) is 2.79. The normalized spacial score (nSPS) is 18.2. The maximum atomic E-state index is 11.8. The van der Waals surface area contributed by atoms with Crippen LogP contribution in [0.1, 0.15) is 6.92 Å². The third-order valence-electron chi connectivity index (χ3n) is 2.76. The Balaban J connectivity index is 0.000000922. The molecule has 13 nitrogen and oxygen atoms in total. The zero-order chi connectivity index (χ0) is 18.9. The van der Waals surface area contributed by atoms with Crippen LogP contribution in [-0.4, -0.2) is 109 Å². The van der Waals surface area contributed by atoms with Crippen molar-refractivity contribution in [2.75, 3.05) is 33.5 Å². The minimum atomic E-state index is -1.60. The van der Waals surface area contributed by atoms with E-state index in [0.29, 0.717) is 14.7 Å². The topological polar surface area (TPSA) is 194 Å². The molecule has 0 aliphatic carbocycles. The van der Waals surface area contributed by atoms with Gasteiger partial charge in [0.1, 0.15) is 26.9 Å². The van der Waals surface area contributed by atoms with E-state index >= 15 is 0 Å². The first-order valence-electron chi connectivity index (χ1n) is 6.69. The first-order valence-corrected chi connectivity index (χ1v) is 6.69. The summed E-state index contributed by atoms with van der Waals surface area (Å²) in [6, 6.07) is -2.02. The van der Waals surface area contributed by atoms with Crippen LogP contribution in [0.2, 0.25) is 0 Å². The minimum Gasteiger partial charge on any atom is -0.394 e. The number of nitrogens with zero attached hydrogens (tertiary/aromatic N) is 3. The summed E-state index contributed by atoms with van der Waals surface area (Å²) >= 11 is 0. The second-order valence-electron chi connectivity index (χ2n) is 4.46. The monoisotopic (exact) mass is 354 g/mol. The fourth-order valence-corrected chi connectivity index (χ4v) is 1.62. The van der Waals surface area contributed by atoms with Gasteiger partial charge in [-0.05, 0) is 6.92 Å². The van der Waals surface area contributed by atoms with Gasteiger partial charge in [0.05, 0.1) is 12.7 Å². The molecule has 1 aliphatic heterocycles. The van der Waals surface area contributed by atoms with E-state index in [0.717, 1.165) is 0 Å². The fraction of sp³-hybridized carbons (Fsp3) is 0.727. The highest BCUT2D eigenvalue weighted by Crippen LogP contribution is 2.19. The second kappa shape index (κ2) is 10.7. The number of hydrogen-bond acceptors (Lipinski definition) is 9. The molecule has 1 saturated heterocycles. The van der Waals surface area contributed by atoms with Gasteiger partial charge in [-0.2, -0.15) is 0 Å². The predicted molar refractivity (Wildman–Crippen MR) is 75.3 cm³/mol. The number of hydrogen-bond donors (Lipinski definition) is 7. The van der Waals surface area contributed by atoms with E-state index in [-0.39, 0.29) is 6.61 Å². The largest absolute Gasteiger partial charge is 0.394 e. The van der Waals surface area contributed by atoms with E-state index in [9.17, 15) is 14.4 Å². The van der Waals surface area contributed by atoms with Gasteiger partial charge in [0.2, 0.25) is 0 Å². The Kier molecular flexibility index (Phi) is 9.79. The number of urea groups is 2. The summed E-state index contributed by atoms with van der Waals surface area (Å²) in [5.41, 5.74) is 0. The SMILES string of the molecule is CC(O)CO.O=C1C(N(CO)C(=O)NCO)N(CO)C(=O)N1CO. The number of carbonyl (C=O) groups excluding carboxylic acids is 3. The molecular weight excluding hydrogens is 332 g/mol. The lowest BCUT2D eigenvalue weighted by molar-refractivity contribution is -0.136. The van der Waals surface area contributed by atoms with Crippen molar-refractivity contribution in [3.05, 3.63) is 0 Å². The molecule has 1 heterocycles. The van der Waals surface area contributed by atoms with Crippen LogP contribution in [0, 0.1) is 0 Å². The molecule has 0 radical (unpaired) electrons. The van der Waals surface area contributed by atoms with Crippen LogP contribution in [0.5, 0.6) is 0 Å². The summed E-state index contributed by atoms with van der Waals surface area (Å²) in [4.78, 5) is 36.4. The van der Waals surface area contributed by atoms with Gasteiger partial charge in [-0.3, -0.25) is 14.6 Å². The number of imide groups is 1. The molecule has 0 spiro atoms. The third-order valence-corrected chi connectivity index (χ3v) is 2.76. The molecule has 1 aliphatic rings. The molecule has 0 bridgehead atoms. The summed E-state index contributed by atoms with van der Waals surface area (Å²) in [6.45, 7) is -2.11. The molecular formula is C11H22N4O9. The van der Waals surface area contributed by atoms with Crippen molar-refractivity contribution in [1.82, 2.24) is 20.0 Å². The smallest absolute Gasteiger partial charge is 0.332 e. The van der Waals surface area contributed by atoms with Crippen LogP contribution in [0.3, 0.4) is 0 Å². The maximum absolute atomic E-state index is 11.8. The Morgan fingerprint density at radius 3 is 2.08 bits per heavy atom. The van der Waals surface area contributed by atoms with Crippen molar-refractivity contribution in [3.8, 4) is 0 Å². The van der Waals surface area contributed by atoms with Crippen molar-refractivity contribution < 1.29 is 45.0 Å². The van der Waals surface area contributed by atoms with Crippen molar-refractivity contribution in [1.29, 1.82) is 0 Å². The average molecular weight is 354 g/mol. The quantitative estimate of drug-likeness (QED) is 0.182. The summed E-state index contributed by atoms with van der Waals surface area (Å²) in [5.74, 6) is -0.983. The van der Waals surface area contributed by atoms with Gasteiger partial charge in [-0.15, -0.1) is 0 Å². The van der Waals surface area contributed by atoms with Crippen LogP contribution < -0.4 is 5.32 Å². The Morgan fingerprint density at radius 2 is 1.75 bits per heavy atom. The lowest BCUT2D eigenvalue weighted by Crippen LogP contribution is -2.55. The van der Waals surface area contributed by atoms with Gasteiger partial charge < -0.3 is 36.0 Å². The molecule has 7 N–H and O–H groups in total. The number of rotatable bonds is 6. The lowest BCUT2D eigenvalue weighted by atomic mass is 10.4. The number of nitrogens with one attached hydrogen (secondary N) is 1. The van der Waals surface area contributed by atoms with Gasteiger partial charge in [0.25, 0.3) is 5.91 Å². The highest BCUT2D eigenvalue weighted by atomic mass is 16.3. The van der Waals surface area contributed by atoms with Gasteiger partial charge in [0, 0.05) is 0 Å². The second-order valence-corrected chi connectivity index (χ2v) is 4.46. The molecule has 24 heavy (non-hydrogen) atoms. The van der Waals surface area contributed by atoms with Crippen molar-refractivity contribution in [2.24, 2.45) is 0 Å². The fourth-order valence-electron chi connectivity index (χ4n) is 1.62. The molecule has 2 atom stereocenters. The van der Waals surface area contributed by atoms with Crippen molar-refractivity contribution in [2.45, 2.75) is 19.2 Å². The Bertz CT molecular complexity index is 434. The van der Waals surface area contributed by atoms with Gasteiger partial charge in [0.15, 0.2) is 6.17 Å².